The number of carbonyl (C=O) groups excluding carboxylic acids is 1. The van der Waals surface area contributed by atoms with E-state index < -0.39 is 30.3 Å². The van der Waals surface area contributed by atoms with E-state index in [4.69, 9.17) is 25.8 Å². The van der Waals surface area contributed by atoms with Gasteiger partial charge in [0.25, 0.3) is 0 Å². The first-order chi connectivity index (χ1) is 18.9. The number of rotatable bonds is 7. The molecule has 198 valence electrons. The second-order valence-corrected chi connectivity index (χ2v) is 10.3. The molecule has 2 aromatic carbocycles. The van der Waals surface area contributed by atoms with Crippen LogP contribution in [-0.2, 0) is 19.0 Å². The summed E-state index contributed by atoms with van der Waals surface area (Å²) in [6, 6.07) is 22.1. The molecule has 0 saturated carbocycles. The molecular weight excluding hydrogens is 520 g/mol. The number of carbonyl (C=O) groups is 1. The van der Waals surface area contributed by atoms with Gasteiger partial charge in [-0.05, 0) is 36.6 Å². The Balaban J connectivity index is 1.39. The lowest BCUT2D eigenvalue weighted by molar-refractivity contribution is -0.190. The number of ether oxygens (including phenoxy) is 3. The smallest absolute Gasteiger partial charge is 0.226 e. The van der Waals surface area contributed by atoms with Crippen molar-refractivity contribution >= 4 is 35.0 Å². The van der Waals surface area contributed by atoms with Crippen molar-refractivity contribution in [1.29, 1.82) is 5.26 Å². The maximum Gasteiger partial charge on any atom is 0.226 e. The number of benzene rings is 2. The molecule has 0 N–H and O–H groups in total. The van der Waals surface area contributed by atoms with Gasteiger partial charge >= 0.3 is 0 Å². The Bertz CT molecular complexity index is 1500. The molecule has 2 fully saturated rings. The molecule has 1 amide bonds. The summed E-state index contributed by atoms with van der Waals surface area (Å²) >= 11 is 6.39. The van der Waals surface area contributed by atoms with Gasteiger partial charge in [0.1, 0.15) is 12.2 Å². The van der Waals surface area contributed by atoms with Crippen LogP contribution in [0.2, 0.25) is 5.28 Å². The minimum atomic E-state index is -0.876. The largest absolute Gasteiger partial charge is 0.341 e. The number of anilines is 1. The predicted molar refractivity (Wildman–Crippen MR) is 142 cm³/mol. The predicted octanol–water partition coefficient (Wildman–Crippen LogP) is 4.22. The van der Waals surface area contributed by atoms with Gasteiger partial charge in [-0.25, -0.2) is 4.98 Å². The average Bonchev–Trinajstić information content (AvgIpc) is 3.60. The van der Waals surface area contributed by atoms with Gasteiger partial charge in [-0.15, -0.1) is 0 Å². The van der Waals surface area contributed by atoms with E-state index in [2.05, 4.69) is 21.0 Å². The van der Waals surface area contributed by atoms with E-state index >= 15 is 0 Å². The number of aromatic nitrogens is 4. The molecule has 0 radical (unpaired) electrons. The maximum atomic E-state index is 12.5. The lowest BCUT2D eigenvalue weighted by Gasteiger charge is -2.25. The second kappa shape index (κ2) is 10.0. The summed E-state index contributed by atoms with van der Waals surface area (Å²) in [5.74, 6) is -0.741. The molecule has 4 atom stereocenters. The van der Waals surface area contributed by atoms with Gasteiger partial charge in [-0.3, -0.25) is 14.3 Å². The fourth-order valence-electron chi connectivity index (χ4n) is 5.32. The second-order valence-electron chi connectivity index (χ2n) is 9.91. The van der Waals surface area contributed by atoms with E-state index in [0.29, 0.717) is 17.7 Å². The molecule has 4 heterocycles. The highest BCUT2D eigenvalue weighted by molar-refractivity contribution is 6.28. The summed E-state index contributed by atoms with van der Waals surface area (Å²) in [5, 5.41) is 9.59. The molecule has 0 spiro atoms. The topological polar surface area (TPSA) is 115 Å². The van der Waals surface area contributed by atoms with Gasteiger partial charge in [-0.2, -0.15) is 15.2 Å². The number of nitriles is 1. The number of hydrogen-bond acceptors (Lipinski definition) is 8. The zero-order valence-corrected chi connectivity index (χ0v) is 22.0. The lowest BCUT2D eigenvalue weighted by Crippen LogP contribution is -2.29. The van der Waals surface area contributed by atoms with Gasteiger partial charge in [-0.1, -0.05) is 60.7 Å². The van der Waals surface area contributed by atoms with Crippen LogP contribution in [0.15, 0.2) is 67.0 Å². The van der Waals surface area contributed by atoms with Crippen LogP contribution in [0, 0.1) is 11.3 Å². The average molecular weight is 545 g/mol. The summed E-state index contributed by atoms with van der Waals surface area (Å²) in [7, 11) is 0. The fraction of sp³-hybridized carbons (Fsp3) is 0.321. The minimum absolute atomic E-state index is 0.0580. The van der Waals surface area contributed by atoms with Gasteiger partial charge in [0, 0.05) is 12.5 Å². The Morgan fingerprint density at radius 2 is 1.72 bits per heavy atom. The molecule has 11 heteroatoms. The molecule has 10 nitrogen and oxygen atoms in total. The zero-order valence-electron chi connectivity index (χ0n) is 21.2. The Morgan fingerprint density at radius 1 is 1.08 bits per heavy atom. The molecule has 39 heavy (non-hydrogen) atoms. The van der Waals surface area contributed by atoms with Crippen molar-refractivity contribution < 1.29 is 19.0 Å². The third-order valence-electron chi connectivity index (χ3n) is 6.99. The maximum absolute atomic E-state index is 12.5. The van der Waals surface area contributed by atoms with Gasteiger partial charge in [0.15, 0.2) is 35.1 Å². The van der Waals surface area contributed by atoms with Crippen molar-refractivity contribution in [1.82, 2.24) is 19.5 Å². The van der Waals surface area contributed by atoms with E-state index in [1.165, 1.54) is 11.2 Å². The quantitative estimate of drug-likeness (QED) is 0.251. The summed E-state index contributed by atoms with van der Waals surface area (Å²) in [6.07, 6.45) is -0.462. The molecule has 0 bridgehead atoms. The monoisotopic (exact) mass is 544 g/mol. The van der Waals surface area contributed by atoms with Gasteiger partial charge in [0.05, 0.1) is 12.4 Å². The normalized spacial score (nSPS) is 23.6. The molecule has 6 rings (SSSR count). The first kappa shape index (κ1) is 25.4. The molecule has 2 aliphatic heterocycles. The number of hydrogen-bond donors (Lipinski definition) is 0. The van der Waals surface area contributed by atoms with Crippen molar-refractivity contribution in [3.05, 3.63) is 83.4 Å². The van der Waals surface area contributed by atoms with E-state index in [9.17, 15) is 10.1 Å². The zero-order chi connectivity index (χ0) is 27.1. The molecule has 2 saturated heterocycles. The van der Waals surface area contributed by atoms with E-state index in [-0.39, 0.29) is 17.0 Å². The van der Waals surface area contributed by atoms with Crippen LogP contribution in [-0.4, -0.2) is 56.6 Å². The van der Waals surface area contributed by atoms with Crippen molar-refractivity contribution in [2.24, 2.45) is 0 Å². The number of nitrogens with zero attached hydrogens (tertiary/aromatic N) is 6. The standard InChI is InChI=1S/C28H25ClN6O4/c1-28(2)38-22-20(13-30)37-26(23(22)39-28)35-15-31-21-24(32-27(29)33-25(21)35)34(16-36)14-19(17-9-5-3-6-10-17)18-11-7-4-8-12-18/h3-12,15-16,19-20,22-23,26H,14H2,1-2H3/t20-,22-,23-,26-/m1/s1. The Hall–Kier alpha value is -3.88. The molecule has 2 aromatic heterocycles. The summed E-state index contributed by atoms with van der Waals surface area (Å²) in [6.45, 7) is 3.87. The van der Waals surface area contributed by atoms with E-state index in [1.807, 2.05) is 60.7 Å². The third-order valence-corrected chi connectivity index (χ3v) is 7.16. The fourth-order valence-corrected chi connectivity index (χ4v) is 5.48. The van der Waals surface area contributed by atoms with Gasteiger partial charge < -0.3 is 14.2 Å². The van der Waals surface area contributed by atoms with Crippen molar-refractivity contribution in [2.75, 3.05) is 11.4 Å². The molecule has 0 unspecified atom stereocenters. The Kier molecular flexibility index (Phi) is 6.53. The minimum Gasteiger partial charge on any atom is -0.341 e. The number of imidazole rings is 1. The number of halogens is 1. The third kappa shape index (κ3) is 4.64. The van der Waals surface area contributed by atoms with Crippen molar-refractivity contribution in [3.8, 4) is 6.07 Å². The molecule has 2 aliphatic rings. The number of amides is 1. The molecular formula is C28H25ClN6O4. The Labute approximate surface area is 229 Å². The van der Waals surface area contributed by atoms with Crippen molar-refractivity contribution in [3.63, 3.8) is 0 Å². The van der Waals surface area contributed by atoms with Crippen LogP contribution < -0.4 is 4.90 Å². The van der Waals surface area contributed by atoms with Crippen LogP contribution in [0.3, 0.4) is 0 Å². The highest BCUT2D eigenvalue weighted by Crippen LogP contribution is 2.44. The summed E-state index contributed by atoms with van der Waals surface area (Å²) < 4.78 is 19.7. The highest BCUT2D eigenvalue weighted by atomic mass is 35.5. The van der Waals surface area contributed by atoms with Crippen LogP contribution in [0.25, 0.3) is 11.2 Å². The summed E-state index contributed by atoms with van der Waals surface area (Å²) in [4.78, 5) is 27.4. The molecule has 0 aliphatic carbocycles. The van der Waals surface area contributed by atoms with Crippen LogP contribution in [0.4, 0.5) is 5.82 Å². The van der Waals surface area contributed by atoms with Crippen LogP contribution >= 0.6 is 11.6 Å². The first-order valence-electron chi connectivity index (χ1n) is 12.5. The molecule has 4 aromatic rings. The SMILES string of the molecule is CC1(C)O[C@@H]2[C@H](O1)[C@@H](C#N)O[C@H]2n1cnc2c(N(C=O)CC(c3ccccc3)c3ccccc3)nc(Cl)nc21. The van der Waals surface area contributed by atoms with Crippen LogP contribution in [0.1, 0.15) is 37.1 Å². The number of fused-ring (bicyclic) bond motifs is 2. The summed E-state index contributed by atoms with van der Waals surface area (Å²) in [5.41, 5.74) is 2.81. The lowest BCUT2D eigenvalue weighted by atomic mass is 9.91. The van der Waals surface area contributed by atoms with Crippen molar-refractivity contribution in [2.45, 2.75) is 50.1 Å². The van der Waals surface area contributed by atoms with Gasteiger partial charge in [0.2, 0.25) is 11.7 Å². The van der Waals surface area contributed by atoms with Crippen LogP contribution in [0.5, 0.6) is 0 Å². The van der Waals surface area contributed by atoms with E-state index in [0.717, 1.165) is 17.5 Å². The highest BCUT2D eigenvalue weighted by Gasteiger charge is 2.56. The first-order valence-corrected chi connectivity index (χ1v) is 12.9. The Morgan fingerprint density at radius 3 is 2.33 bits per heavy atom. The van der Waals surface area contributed by atoms with E-state index in [1.54, 1.807) is 18.4 Å².